The van der Waals surface area contributed by atoms with Crippen molar-refractivity contribution >= 4 is 5.69 Å². The number of nitrogen functional groups attached to an aromatic ring is 1. The molecule has 1 aromatic heterocycles. The molecule has 2 N–H and O–H groups in total. The van der Waals surface area contributed by atoms with Crippen molar-refractivity contribution in [1.29, 1.82) is 0 Å². The van der Waals surface area contributed by atoms with Gasteiger partial charge in [0.1, 0.15) is 5.75 Å². The van der Waals surface area contributed by atoms with Gasteiger partial charge in [-0.2, -0.15) is 0 Å². The zero-order chi connectivity index (χ0) is 15.6. The summed E-state index contributed by atoms with van der Waals surface area (Å²) in [5, 5.41) is 0. The van der Waals surface area contributed by atoms with Gasteiger partial charge < -0.3 is 15.0 Å². The van der Waals surface area contributed by atoms with Crippen LogP contribution in [-0.4, -0.2) is 10.7 Å². The summed E-state index contributed by atoms with van der Waals surface area (Å²) in [7, 11) is 0. The van der Waals surface area contributed by atoms with Crippen LogP contribution in [0.1, 0.15) is 33.7 Å². The second kappa shape index (κ2) is 6.04. The predicted octanol–water partition coefficient (Wildman–Crippen LogP) is 3.47. The third-order valence-corrected chi connectivity index (χ3v) is 3.19. The van der Waals surface area contributed by atoms with E-state index in [1.54, 1.807) is 10.6 Å². The van der Waals surface area contributed by atoms with Crippen molar-refractivity contribution in [2.45, 2.75) is 39.8 Å². The number of pyridine rings is 1. The third kappa shape index (κ3) is 3.10. The lowest BCUT2D eigenvalue weighted by atomic mass is 10.1. The molecular formula is C17H22N2O2. The molecule has 0 aliphatic rings. The van der Waals surface area contributed by atoms with E-state index in [1.165, 1.54) is 0 Å². The van der Waals surface area contributed by atoms with Crippen molar-refractivity contribution in [2.75, 3.05) is 5.73 Å². The number of hydrogen-bond donors (Lipinski definition) is 1. The first-order chi connectivity index (χ1) is 9.91. The molecule has 4 heteroatoms. The van der Waals surface area contributed by atoms with E-state index in [-0.39, 0.29) is 23.4 Å². The highest BCUT2D eigenvalue weighted by Crippen LogP contribution is 2.31. The lowest BCUT2D eigenvalue weighted by Gasteiger charge is -2.20. The summed E-state index contributed by atoms with van der Waals surface area (Å²) in [5.74, 6) is 0.770. The molecule has 0 fully saturated rings. The summed E-state index contributed by atoms with van der Waals surface area (Å²) in [5.41, 5.74) is 7.57. The largest absolute Gasteiger partial charge is 0.490 e. The van der Waals surface area contributed by atoms with Crippen molar-refractivity contribution < 1.29 is 4.74 Å². The Labute approximate surface area is 125 Å². The van der Waals surface area contributed by atoms with E-state index in [0.717, 1.165) is 17.0 Å². The molecule has 2 aromatic rings. The van der Waals surface area contributed by atoms with E-state index in [1.807, 2.05) is 58.0 Å². The van der Waals surface area contributed by atoms with Gasteiger partial charge in [-0.25, -0.2) is 0 Å². The van der Waals surface area contributed by atoms with Crippen LogP contribution in [0.4, 0.5) is 5.69 Å². The molecule has 0 atom stereocenters. The molecular weight excluding hydrogens is 264 g/mol. The molecule has 2 rings (SSSR count). The van der Waals surface area contributed by atoms with Crippen LogP contribution in [0.2, 0.25) is 0 Å². The minimum absolute atomic E-state index is 0.0168. The van der Waals surface area contributed by atoms with Crippen molar-refractivity contribution in [3.63, 3.8) is 0 Å². The number of anilines is 1. The van der Waals surface area contributed by atoms with Crippen LogP contribution in [0.25, 0.3) is 11.3 Å². The minimum Gasteiger partial charge on any atom is -0.490 e. The van der Waals surface area contributed by atoms with Crippen LogP contribution in [0.3, 0.4) is 0 Å². The number of hydrogen-bond acceptors (Lipinski definition) is 3. The van der Waals surface area contributed by atoms with Crippen molar-refractivity contribution in [1.82, 2.24) is 4.57 Å². The summed E-state index contributed by atoms with van der Waals surface area (Å²) >= 11 is 0. The summed E-state index contributed by atoms with van der Waals surface area (Å²) in [6.07, 6.45) is 0.0687. The van der Waals surface area contributed by atoms with Gasteiger partial charge in [0.2, 0.25) is 0 Å². The quantitative estimate of drug-likeness (QED) is 0.936. The van der Waals surface area contributed by atoms with E-state index < -0.39 is 0 Å². The molecule has 0 spiro atoms. The van der Waals surface area contributed by atoms with Gasteiger partial charge in [0.05, 0.1) is 17.5 Å². The molecule has 1 heterocycles. The lowest BCUT2D eigenvalue weighted by Crippen LogP contribution is -2.25. The third-order valence-electron chi connectivity index (χ3n) is 3.19. The Bertz CT molecular complexity index is 687. The van der Waals surface area contributed by atoms with Crippen molar-refractivity contribution in [2.24, 2.45) is 0 Å². The summed E-state index contributed by atoms with van der Waals surface area (Å²) in [4.78, 5) is 12.3. The second-order valence-electron chi connectivity index (χ2n) is 5.61. The molecule has 0 amide bonds. The Hall–Kier alpha value is -2.23. The monoisotopic (exact) mass is 286 g/mol. The van der Waals surface area contributed by atoms with Crippen LogP contribution < -0.4 is 16.0 Å². The lowest BCUT2D eigenvalue weighted by molar-refractivity contribution is 0.243. The average Bonchev–Trinajstić information content (AvgIpc) is 2.41. The standard InChI is InChI=1S/C17H22N2O2/c1-11(2)19-15(10-9-14(18)17(19)20)13-7-5-6-8-16(13)21-12(3)4/h5-12H,18H2,1-4H3. The van der Waals surface area contributed by atoms with Crippen molar-refractivity contribution in [3.8, 4) is 17.0 Å². The van der Waals surface area contributed by atoms with E-state index in [2.05, 4.69) is 0 Å². The summed E-state index contributed by atoms with van der Waals surface area (Å²) < 4.78 is 7.56. The van der Waals surface area contributed by atoms with Crippen LogP contribution in [0.5, 0.6) is 5.75 Å². The Morgan fingerprint density at radius 2 is 1.71 bits per heavy atom. The normalized spacial score (nSPS) is 11.1. The van der Waals surface area contributed by atoms with Gasteiger partial charge in [0.25, 0.3) is 5.56 Å². The fourth-order valence-corrected chi connectivity index (χ4v) is 2.34. The highest BCUT2D eigenvalue weighted by atomic mass is 16.5. The minimum atomic E-state index is -0.165. The first-order valence-corrected chi connectivity index (χ1v) is 7.19. The Kier molecular flexibility index (Phi) is 4.36. The molecule has 0 aliphatic heterocycles. The number of benzene rings is 1. The zero-order valence-corrected chi connectivity index (χ0v) is 13.0. The van der Waals surface area contributed by atoms with E-state index in [0.29, 0.717) is 0 Å². The molecule has 4 nitrogen and oxygen atoms in total. The van der Waals surface area contributed by atoms with E-state index in [9.17, 15) is 4.79 Å². The second-order valence-corrected chi connectivity index (χ2v) is 5.61. The van der Waals surface area contributed by atoms with Gasteiger partial charge in [-0.3, -0.25) is 4.79 Å². The molecule has 21 heavy (non-hydrogen) atoms. The SMILES string of the molecule is CC(C)Oc1ccccc1-c1ccc(N)c(=O)n1C(C)C. The number of aromatic nitrogens is 1. The smallest absolute Gasteiger partial charge is 0.274 e. The number of rotatable bonds is 4. The number of nitrogens with zero attached hydrogens (tertiary/aromatic N) is 1. The number of nitrogens with two attached hydrogens (primary N) is 1. The van der Waals surface area contributed by atoms with Gasteiger partial charge >= 0.3 is 0 Å². The van der Waals surface area contributed by atoms with Crippen LogP contribution in [-0.2, 0) is 0 Å². The molecule has 0 unspecified atom stereocenters. The first kappa shape index (κ1) is 15.2. The number of para-hydroxylation sites is 1. The van der Waals surface area contributed by atoms with Crippen LogP contribution in [0.15, 0.2) is 41.2 Å². The van der Waals surface area contributed by atoms with Gasteiger partial charge in [0, 0.05) is 11.6 Å². The molecule has 112 valence electrons. The maximum absolute atomic E-state index is 12.3. The van der Waals surface area contributed by atoms with E-state index >= 15 is 0 Å². The fraction of sp³-hybridized carbons (Fsp3) is 0.353. The Morgan fingerprint density at radius 1 is 1.05 bits per heavy atom. The molecule has 0 saturated heterocycles. The highest BCUT2D eigenvalue weighted by molar-refractivity contribution is 5.68. The van der Waals surface area contributed by atoms with E-state index in [4.69, 9.17) is 10.5 Å². The highest BCUT2D eigenvalue weighted by Gasteiger charge is 2.15. The average molecular weight is 286 g/mol. The van der Waals surface area contributed by atoms with Gasteiger partial charge in [-0.1, -0.05) is 12.1 Å². The van der Waals surface area contributed by atoms with Gasteiger partial charge in [-0.15, -0.1) is 0 Å². The molecule has 0 radical (unpaired) electrons. The van der Waals surface area contributed by atoms with Gasteiger partial charge in [-0.05, 0) is 52.0 Å². The zero-order valence-electron chi connectivity index (χ0n) is 13.0. The van der Waals surface area contributed by atoms with Gasteiger partial charge in [0.15, 0.2) is 0 Å². The summed E-state index contributed by atoms with van der Waals surface area (Å²) in [6.45, 7) is 7.90. The topological polar surface area (TPSA) is 57.2 Å². The van der Waals surface area contributed by atoms with Crippen molar-refractivity contribution in [3.05, 3.63) is 46.8 Å². The molecule has 0 bridgehead atoms. The molecule has 0 aliphatic carbocycles. The molecule has 1 aromatic carbocycles. The Balaban J connectivity index is 2.68. The Morgan fingerprint density at radius 3 is 2.33 bits per heavy atom. The van der Waals surface area contributed by atoms with Crippen LogP contribution >= 0.6 is 0 Å². The first-order valence-electron chi connectivity index (χ1n) is 7.19. The van der Waals surface area contributed by atoms with Crippen LogP contribution in [0, 0.1) is 0 Å². The fourth-order valence-electron chi connectivity index (χ4n) is 2.34. The maximum atomic E-state index is 12.3. The number of ether oxygens (including phenoxy) is 1. The summed E-state index contributed by atoms with van der Waals surface area (Å²) in [6, 6.07) is 11.3. The molecule has 0 saturated carbocycles. The predicted molar refractivity (Wildman–Crippen MR) is 86.7 cm³/mol. The maximum Gasteiger partial charge on any atom is 0.274 e.